The van der Waals surface area contributed by atoms with Crippen molar-refractivity contribution in [3.8, 4) is 0 Å². The zero-order valence-corrected chi connectivity index (χ0v) is 12.4. The van der Waals surface area contributed by atoms with Crippen LogP contribution in [-0.2, 0) is 13.1 Å². The molecular weight excluding hydrogens is 294 g/mol. The van der Waals surface area contributed by atoms with Gasteiger partial charge >= 0.3 is 0 Å². The molecular formula is C13H16BrN3O. The molecule has 0 atom stereocenters. The number of pyridine rings is 1. The van der Waals surface area contributed by atoms with Gasteiger partial charge in [0.05, 0.1) is 17.9 Å². The Morgan fingerprint density at radius 1 is 1.33 bits per heavy atom. The lowest BCUT2D eigenvalue weighted by Gasteiger charge is -2.09. The predicted molar refractivity (Wildman–Crippen MR) is 74.9 cm³/mol. The maximum atomic E-state index is 12.0. The average molecular weight is 310 g/mol. The summed E-state index contributed by atoms with van der Waals surface area (Å²) < 4.78 is 4.55. The Morgan fingerprint density at radius 2 is 2.06 bits per heavy atom. The van der Waals surface area contributed by atoms with Gasteiger partial charge in [0.2, 0.25) is 0 Å². The number of hydrogen-bond donors (Lipinski definition) is 0. The second-order valence-corrected chi connectivity index (χ2v) is 5.28. The molecule has 0 aromatic carbocycles. The number of rotatable bonds is 3. The van der Waals surface area contributed by atoms with Crippen molar-refractivity contribution in [2.24, 2.45) is 0 Å². The van der Waals surface area contributed by atoms with E-state index in [0.717, 1.165) is 28.0 Å². The summed E-state index contributed by atoms with van der Waals surface area (Å²) in [7, 11) is 0. The number of aromatic nitrogens is 3. The highest BCUT2D eigenvalue weighted by Gasteiger charge is 2.07. The molecule has 2 rings (SSSR count). The zero-order valence-electron chi connectivity index (χ0n) is 10.8. The van der Waals surface area contributed by atoms with E-state index in [-0.39, 0.29) is 5.56 Å². The quantitative estimate of drug-likeness (QED) is 0.874. The molecule has 0 unspecified atom stereocenters. The number of halogens is 1. The van der Waals surface area contributed by atoms with E-state index >= 15 is 0 Å². The van der Waals surface area contributed by atoms with Crippen molar-refractivity contribution >= 4 is 15.9 Å². The van der Waals surface area contributed by atoms with Gasteiger partial charge in [-0.15, -0.1) is 0 Å². The molecule has 0 amide bonds. The fourth-order valence-electron chi connectivity index (χ4n) is 2.03. The minimum atomic E-state index is 0.0414. The summed E-state index contributed by atoms with van der Waals surface area (Å²) in [5.41, 5.74) is 2.81. The maximum absolute atomic E-state index is 12.0. The molecule has 2 aromatic heterocycles. The number of aryl methyl sites for hydroxylation is 3. The molecule has 0 N–H and O–H groups in total. The van der Waals surface area contributed by atoms with Gasteiger partial charge in [0.1, 0.15) is 0 Å². The highest BCUT2D eigenvalue weighted by atomic mass is 79.9. The van der Waals surface area contributed by atoms with Crippen molar-refractivity contribution < 1.29 is 0 Å². The Kier molecular flexibility index (Phi) is 3.71. The van der Waals surface area contributed by atoms with E-state index in [9.17, 15) is 4.79 Å². The van der Waals surface area contributed by atoms with Crippen LogP contribution in [0.1, 0.15) is 23.9 Å². The molecule has 18 heavy (non-hydrogen) atoms. The van der Waals surface area contributed by atoms with E-state index in [0.29, 0.717) is 6.54 Å². The molecule has 2 aromatic rings. The van der Waals surface area contributed by atoms with E-state index in [1.807, 2.05) is 43.8 Å². The van der Waals surface area contributed by atoms with E-state index in [4.69, 9.17) is 0 Å². The third-order valence-corrected chi connectivity index (χ3v) is 3.28. The van der Waals surface area contributed by atoms with E-state index in [1.54, 1.807) is 4.57 Å². The first kappa shape index (κ1) is 13.1. The lowest BCUT2D eigenvalue weighted by Crippen LogP contribution is -2.23. The fourth-order valence-corrected chi connectivity index (χ4v) is 2.62. The summed E-state index contributed by atoms with van der Waals surface area (Å²) in [6.07, 6.45) is 1.82. The molecule has 2 heterocycles. The minimum Gasteiger partial charge on any atom is -0.308 e. The Hall–Kier alpha value is -1.36. The van der Waals surface area contributed by atoms with Gasteiger partial charge in [0, 0.05) is 22.8 Å². The largest absolute Gasteiger partial charge is 0.308 e. The fraction of sp³-hybridized carbons (Fsp3) is 0.385. The molecule has 0 aliphatic heterocycles. The Labute approximate surface area is 114 Å². The standard InChI is InChI=1S/C13H16BrN3O/c1-4-17-12(6-10(3)15-17)8-16-7-11(14)5-9(2)13(16)18/h5-7H,4,8H2,1-3H3. The van der Waals surface area contributed by atoms with Crippen molar-refractivity contribution in [3.05, 3.63) is 50.1 Å². The number of nitrogens with zero attached hydrogens (tertiary/aromatic N) is 3. The van der Waals surface area contributed by atoms with Crippen LogP contribution in [0.5, 0.6) is 0 Å². The van der Waals surface area contributed by atoms with Gasteiger partial charge < -0.3 is 4.57 Å². The highest BCUT2D eigenvalue weighted by molar-refractivity contribution is 9.10. The van der Waals surface area contributed by atoms with Gasteiger partial charge in [0.25, 0.3) is 5.56 Å². The summed E-state index contributed by atoms with van der Waals surface area (Å²) in [5, 5.41) is 4.39. The van der Waals surface area contributed by atoms with E-state index in [1.165, 1.54) is 0 Å². The summed E-state index contributed by atoms with van der Waals surface area (Å²) in [5.74, 6) is 0. The molecule has 96 valence electrons. The highest BCUT2D eigenvalue weighted by Crippen LogP contribution is 2.10. The smallest absolute Gasteiger partial charge is 0.253 e. The Morgan fingerprint density at radius 3 is 2.72 bits per heavy atom. The van der Waals surface area contributed by atoms with Crippen LogP contribution in [0.3, 0.4) is 0 Å². The molecule has 5 heteroatoms. The van der Waals surface area contributed by atoms with E-state index in [2.05, 4.69) is 21.0 Å². The van der Waals surface area contributed by atoms with Crippen LogP contribution >= 0.6 is 15.9 Å². The molecule has 0 aliphatic rings. The summed E-state index contributed by atoms with van der Waals surface area (Å²) in [6.45, 7) is 7.19. The molecule has 0 aliphatic carbocycles. The summed E-state index contributed by atoms with van der Waals surface area (Å²) >= 11 is 3.42. The van der Waals surface area contributed by atoms with Crippen molar-refractivity contribution in [2.75, 3.05) is 0 Å². The normalized spacial score (nSPS) is 10.9. The molecule has 4 nitrogen and oxygen atoms in total. The lowest BCUT2D eigenvalue weighted by molar-refractivity contribution is 0.590. The van der Waals surface area contributed by atoms with Gasteiger partial charge in [-0.2, -0.15) is 5.10 Å². The van der Waals surface area contributed by atoms with Gasteiger partial charge in [-0.05, 0) is 48.8 Å². The topological polar surface area (TPSA) is 39.8 Å². The molecule has 0 spiro atoms. The van der Waals surface area contributed by atoms with Crippen LogP contribution in [0.4, 0.5) is 0 Å². The van der Waals surface area contributed by atoms with Crippen LogP contribution < -0.4 is 5.56 Å². The third kappa shape index (κ3) is 2.56. The SMILES string of the molecule is CCn1nc(C)cc1Cn1cc(Br)cc(C)c1=O. The maximum Gasteiger partial charge on any atom is 0.253 e. The Bertz CT molecular complexity index is 628. The van der Waals surface area contributed by atoms with Crippen molar-refractivity contribution in [1.82, 2.24) is 14.3 Å². The molecule has 0 radical (unpaired) electrons. The first-order valence-corrected chi connectivity index (χ1v) is 6.70. The second-order valence-electron chi connectivity index (χ2n) is 4.37. The van der Waals surface area contributed by atoms with Gasteiger partial charge in [-0.1, -0.05) is 0 Å². The van der Waals surface area contributed by atoms with Crippen LogP contribution in [0.15, 0.2) is 27.6 Å². The van der Waals surface area contributed by atoms with Gasteiger partial charge in [-0.25, -0.2) is 0 Å². The van der Waals surface area contributed by atoms with E-state index < -0.39 is 0 Å². The van der Waals surface area contributed by atoms with Crippen LogP contribution in [-0.4, -0.2) is 14.3 Å². The van der Waals surface area contributed by atoms with Crippen molar-refractivity contribution in [2.45, 2.75) is 33.9 Å². The second kappa shape index (κ2) is 5.10. The van der Waals surface area contributed by atoms with Crippen LogP contribution in [0.25, 0.3) is 0 Å². The summed E-state index contributed by atoms with van der Waals surface area (Å²) in [4.78, 5) is 12.0. The Balaban J connectivity index is 2.42. The molecule has 0 fully saturated rings. The monoisotopic (exact) mass is 309 g/mol. The zero-order chi connectivity index (χ0) is 13.3. The van der Waals surface area contributed by atoms with Gasteiger partial charge in [0.15, 0.2) is 0 Å². The first-order chi connectivity index (χ1) is 8.51. The molecule has 0 saturated carbocycles. The predicted octanol–water partition coefficient (Wildman–Crippen LogP) is 2.49. The number of hydrogen-bond acceptors (Lipinski definition) is 2. The minimum absolute atomic E-state index is 0.0414. The molecule has 0 saturated heterocycles. The third-order valence-electron chi connectivity index (χ3n) is 2.85. The van der Waals surface area contributed by atoms with Crippen molar-refractivity contribution in [3.63, 3.8) is 0 Å². The van der Waals surface area contributed by atoms with Crippen molar-refractivity contribution in [1.29, 1.82) is 0 Å². The molecule has 0 bridgehead atoms. The summed E-state index contributed by atoms with van der Waals surface area (Å²) in [6, 6.07) is 3.85. The first-order valence-electron chi connectivity index (χ1n) is 5.91. The lowest BCUT2D eigenvalue weighted by atomic mass is 10.3. The average Bonchev–Trinajstić information content (AvgIpc) is 2.65. The van der Waals surface area contributed by atoms with Gasteiger partial charge in [-0.3, -0.25) is 9.48 Å². The van der Waals surface area contributed by atoms with Crippen LogP contribution in [0, 0.1) is 13.8 Å². The van der Waals surface area contributed by atoms with Crippen LogP contribution in [0.2, 0.25) is 0 Å².